The van der Waals surface area contributed by atoms with Gasteiger partial charge in [0.1, 0.15) is 5.75 Å². The van der Waals surface area contributed by atoms with Crippen LogP contribution in [0.25, 0.3) is 17.0 Å². The van der Waals surface area contributed by atoms with Crippen LogP contribution in [0.15, 0.2) is 66.9 Å². The first kappa shape index (κ1) is 16.4. The Morgan fingerprint density at radius 3 is 2.52 bits per heavy atom. The van der Waals surface area contributed by atoms with Crippen molar-refractivity contribution in [1.82, 2.24) is 4.98 Å². The van der Waals surface area contributed by atoms with Crippen LogP contribution in [0, 0.1) is 0 Å². The van der Waals surface area contributed by atoms with Gasteiger partial charge in [-0.2, -0.15) is 0 Å². The van der Waals surface area contributed by atoms with E-state index < -0.39 is 11.9 Å². The Morgan fingerprint density at radius 2 is 1.76 bits per heavy atom. The fraction of sp³-hybridized carbons (Fsp3) is 0.0500. The molecule has 3 aromatic rings. The number of rotatable bonds is 4. The number of esters is 2. The minimum absolute atomic E-state index is 0.346. The van der Waals surface area contributed by atoms with Crippen molar-refractivity contribution in [3.63, 3.8) is 0 Å². The molecule has 0 bridgehead atoms. The second-order valence-corrected chi connectivity index (χ2v) is 5.19. The molecule has 0 spiro atoms. The summed E-state index contributed by atoms with van der Waals surface area (Å²) in [4.78, 5) is 27.7. The first-order chi connectivity index (χ1) is 12.2. The predicted octanol–water partition coefficient (Wildman–Crippen LogP) is 3.64. The normalized spacial score (nSPS) is 10.8. The van der Waals surface area contributed by atoms with E-state index >= 15 is 0 Å². The molecule has 0 atom stereocenters. The highest BCUT2D eigenvalue weighted by Gasteiger charge is 2.06. The van der Waals surface area contributed by atoms with Gasteiger partial charge in [-0.25, -0.2) is 9.59 Å². The molecule has 0 unspecified atom stereocenters. The molecule has 3 rings (SSSR count). The Hall–Kier alpha value is -3.47. The van der Waals surface area contributed by atoms with Gasteiger partial charge in [-0.15, -0.1) is 0 Å². The summed E-state index contributed by atoms with van der Waals surface area (Å²) in [5, 5.41) is 0.997. The zero-order valence-corrected chi connectivity index (χ0v) is 13.5. The van der Waals surface area contributed by atoms with Gasteiger partial charge in [0.15, 0.2) is 0 Å². The molecule has 0 radical (unpaired) electrons. The van der Waals surface area contributed by atoms with Crippen molar-refractivity contribution >= 4 is 28.9 Å². The molecule has 1 heterocycles. The average molecular weight is 333 g/mol. The lowest BCUT2D eigenvalue weighted by Gasteiger charge is -2.03. The second kappa shape index (κ2) is 7.40. The summed E-state index contributed by atoms with van der Waals surface area (Å²) in [6, 6.07) is 15.7. The van der Waals surface area contributed by atoms with E-state index in [2.05, 4.69) is 9.72 Å². The van der Waals surface area contributed by atoms with E-state index in [1.165, 1.54) is 37.5 Å². The molecule has 0 aliphatic rings. The smallest absolute Gasteiger partial charge is 0.337 e. The van der Waals surface area contributed by atoms with Crippen LogP contribution in [-0.4, -0.2) is 24.0 Å². The number of ether oxygens (including phenoxy) is 2. The molecule has 1 aromatic heterocycles. The first-order valence-corrected chi connectivity index (χ1v) is 7.59. The highest BCUT2D eigenvalue weighted by atomic mass is 16.5. The molecule has 0 fully saturated rings. The molecule has 5 heteroatoms. The summed E-state index contributed by atoms with van der Waals surface area (Å²) in [6.45, 7) is 0. The zero-order valence-electron chi connectivity index (χ0n) is 13.5. The molecule has 0 saturated heterocycles. The van der Waals surface area contributed by atoms with Crippen molar-refractivity contribution in [3.05, 3.63) is 78.0 Å². The van der Waals surface area contributed by atoms with Crippen molar-refractivity contribution in [2.45, 2.75) is 0 Å². The molecule has 2 aromatic carbocycles. The lowest BCUT2D eigenvalue weighted by atomic mass is 10.1. The van der Waals surface area contributed by atoms with Gasteiger partial charge >= 0.3 is 11.9 Å². The largest absolute Gasteiger partial charge is 0.465 e. The number of para-hydroxylation sites is 1. The summed E-state index contributed by atoms with van der Waals surface area (Å²) < 4.78 is 9.83. The Bertz CT molecular complexity index is 940. The van der Waals surface area contributed by atoms with Crippen LogP contribution in [0.4, 0.5) is 0 Å². The molecule has 25 heavy (non-hydrogen) atoms. The van der Waals surface area contributed by atoms with Gasteiger partial charge in [0.25, 0.3) is 0 Å². The maximum atomic E-state index is 12.0. The average Bonchev–Trinajstić information content (AvgIpc) is 2.66. The summed E-state index contributed by atoms with van der Waals surface area (Å²) in [7, 11) is 1.31. The van der Waals surface area contributed by atoms with Gasteiger partial charge in [0.2, 0.25) is 0 Å². The molecule has 124 valence electrons. The molecular formula is C20H15NO4. The van der Waals surface area contributed by atoms with Gasteiger partial charge < -0.3 is 9.47 Å². The molecule has 0 amide bonds. The molecule has 0 aliphatic carbocycles. The fourth-order valence-corrected chi connectivity index (χ4v) is 2.35. The van der Waals surface area contributed by atoms with E-state index in [1.54, 1.807) is 12.3 Å². The van der Waals surface area contributed by atoms with E-state index in [-0.39, 0.29) is 0 Å². The molecule has 0 aliphatic heterocycles. The van der Waals surface area contributed by atoms with Crippen LogP contribution in [0.1, 0.15) is 15.9 Å². The van der Waals surface area contributed by atoms with Crippen molar-refractivity contribution in [1.29, 1.82) is 0 Å². The standard InChI is InChI=1S/C20H15NO4/c1-24-20(23)16-7-10-17(11-8-16)25-18(22)12-9-15-5-2-4-14-6-3-13-21-19(14)15/h2-13H,1H3/b12-9+. The number of hydrogen-bond donors (Lipinski definition) is 0. The number of fused-ring (bicyclic) bond motifs is 1. The SMILES string of the molecule is COC(=O)c1ccc(OC(=O)/C=C/c2cccc3cccnc23)cc1. The quantitative estimate of drug-likeness (QED) is 0.414. The highest BCUT2D eigenvalue weighted by Crippen LogP contribution is 2.18. The van der Waals surface area contributed by atoms with Crippen LogP contribution in [-0.2, 0) is 9.53 Å². The third kappa shape index (κ3) is 3.90. The number of pyridine rings is 1. The Kier molecular flexibility index (Phi) is 4.85. The summed E-state index contributed by atoms with van der Waals surface area (Å²) in [5.41, 5.74) is 2.03. The van der Waals surface area contributed by atoms with Gasteiger partial charge in [-0.05, 0) is 36.4 Å². The van der Waals surface area contributed by atoms with Crippen LogP contribution in [0.5, 0.6) is 5.75 Å². The lowest BCUT2D eigenvalue weighted by Crippen LogP contribution is -2.05. The summed E-state index contributed by atoms with van der Waals surface area (Å²) in [5.74, 6) is -0.613. The third-order valence-electron chi connectivity index (χ3n) is 3.56. The van der Waals surface area contributed by atoms with Crippen LogP contribution in [0.3, 0.4) is 0 Å². The van der Waals surface area contributed by atoms with Crippen molar-refractivity contribution < 1.29 is 19.1 Å². The fourth-order valence-electron chi connectivity index (χ4n) is 2.35. The number of carbonyl (C=O) groups is 2. The minimum Gasteiger partial charge on any atom is -0.465 e. The van der Waals surface area contributed by atoms with E-state index in [4.69, 9.17) is 4.74 Å². The number of methoxy groups -OCH3 is 1. The monoisotopic (exact) mass is 333 g/mol. The maximum Gasteiger partial charge on any atom is 0.337 e. The first-order valence-electron chi connectivity index (χ1n) is 7.59. The predicted molar refractivity (Wildman–Crippen MR) is 94.2 cm³/mol. The number of carbonyl (C=O) groups excluding carboxylic acids is 2. The summed E-state index contributed by atoms with van der Waals surface area (Å²) in [6.07, 6.45) is 4.72. The van der Waals surface area contributed by atoms with E-state index in [1.807, 2.05) is 30.3 Å². The number of aromatic nitrogens is 1. The van der Waals surface area contributed by atoms with Gasteiger partial charge in [0.05, 0.1) is 18.2 Å². The number of hydrogen-bond acceptors (Lipinski definition) is 5. The van der Waals surface area contributed by atoms with Crippen molar-refractivity contribution in [3.8, 4) is 5.75 Å². The maximum absolute atomic E-state index is 12.0. The van der Waals surface area contributed by atoms with Gasteiger partial charge in [-0.3, -0.25) is 4.98 Å². The van der Waals surface area contributed by atoms with Crippen molar-refractivity contribution in [2.24, 2.45) is 0 Å². The Labute approximate surface area is 144 Å². The Morgan fingerprint density at radius 1 is 1.00 bits per heavy atom. The van der Waals surface area contributed by atoms with Gasteiger partial charge in [0, 0.05) is 23.2 Å². The van der Waals surface area contributed by atoms with E-state index in [0.29, 0.717) is 11.3 Å². The third-order valence-corrected chi connectivity index (χ3v) is 3.56. The van der Waals surface area contributed by atoms with Crippen LogP contribution >= 0.6 is 0 Å². The number of nitrogens with zero attached hydrogens (tertiary/aromatic N) is 1. The van der Waals surface area contributed by atoms with Crippen molar-refractivity contribution in [2.75, 3.05) is 7.11 Å². The van der Waals surface area contributed by atoms with Crippen LogP contribution < -0.4 is 4.74 Å². The second-order valence-electron chi connectivity index (χ2n) is 5.19. The van der Waals surface area contributed by atoms with Crippen LogP contribution in [0.2, 0.25) is 0 Å². The van der Waals surface area contributed by atoms with E-state index in [9.17, 15) is 9.59 Å². The molecule has 0 N–H and O–H groups in total. The zero-order chi connectivity index (χ0) is 17.6. The number of benzene rings is 2. The minimum atomic E-state index is -0.515. The van der Waals surface area contributed by atoms with E-state index in [0.717, 1.165) is 16.5 Å². The lowest BCUT2D eigenvalue weighted by molar-refractivity contribution is -0.128. The Balaban J connectivity index is 1.71. The topological polar surface area (TPSA) is 65.5 Å². The molecular weight excluding hydrogens is 318 g/mol. The molecule has 5 nitrogen and oxygen atoms in total. The van der Waals surface area contributed by atoms with Gasteiger partial charge in [-0.1, -0.05) is 24.3 Å². The summed E-state index contributed by atoms with van der Waals surface area (Å²) >= 11 is 0. The molecule has 0 saturated carbocycles. The highest BCUT2D eigenvalue weighted by molar-refractivity contribution is 5.94.